The maximum atomic E-state index is 12.0. The van der Waals surface area contributed by atoms with Crippen LogP contribution in [0.25, 0.3) is 0 Å². The zero-order valence-electron chi connectivity index (χ0n) is 11.5. The summed E-state index contributed by atoms with van der Waals surface area (Å²) in [5, 5.41) is 3.28. The highest BCUT2D eigenvalue weighted by Crippen LogP contribution is 2.32. The molecule has 2 aromatic rings. The number of carbonyl (C=O) groups excluding carboxylic acids is 2. The summed E-state index contributed by atoms with van der Waals surface area (Å²) in [7, 11) is 1.33. The van der Waals surface area contributed by atoms with E-state index in [0.717, 1.165) is 10.4 Å². The fraction of sp³-hybridized carbons (Fsp3) is 0.308. The molecule has 6 nitrogen and oxygen atoms in total. The highest BCUT2D eigenvalue weighted by Gasteiger charge is 2.21. The van der Waals surface area contributed by atoms with Gasteiger partial charge in [0.05, 0.1) is 19.0 Å². The van der Waals surface area contributed by atoms with Crippen molar-refractivity contribution in [2.75, 3.05) is 12.4 Å². The number of ether oxygens (including phenoxy) is 1. The van der Waals surface area contributed by atoms with E-state index in [1.54, 1.807) is 23.3 Å². The number of hydrogen-bond donors (Lipinski definition) is 1. The molecular formula is C13H15N3O3S. The van der Waals surface area contributed by atoms with Crippen LogP contribution in [0.3, 0.4) is 0 Å². The minimum absolute atomic E-state index is 0.149. The van der Waals surface area contributed by atoms with Crippen molar-refractivity contribution in [2.24, 2.45) is 0 Å². The first kappa shape index (κ1) is 14.3. The number of imidazole rings is 1. The highest BCUT2D eigenvalue weighted by atomic mass is 32.1. The van der Waals surface area contributed by atoms with Crippen molar-refractivity contribution >= 4 is 28.2 Å². The summed E-state index contributed by atoms with van der Waals surface area (Å²) in [6, 6.07) is 0. The number of thiophene rings is 1. The van der Waals surface area contributed by atoms with E-state index in [1.807, 2.05) is 13.8 Å². The summed E-state index contributed by atoms with van der Waals surface area (Å²) in [5.74, 6) is -0.654. The molecule has 1 N–H and O–H groups in total. The Morgan fingerprint density at radius 2 is 2.20 bits per heavy atom. The van der Waals surface area contributed by atoms with Gasteiger partial charge in [-0.3, -0.25) is 4.79 Å². The Balaban J connectivity index is 2.18. The molecule has 0 radical (unpaired) electrons. The van der Waals surface area contributed by atoms with E-state index < -0.39 is 5.97 Å². The summed E-state index contributed by atoms with van der Waals surface area (Å²) < 4.78 is 6.41. The molecule has 0 aromatic carbocycles. The fourth-order valence-corrected chi connectivity index (χ4v) is 2.84. The molecule has 0 atom stereocenters. The van der Waals surface area contributed by atoms with Gasteiger partial charge in [0.2, 0.25) is 5.91 Å². The zero-order chi connectivity index (χ0) is 14.7. The van der Waals surface area contributed by atoms with Gasteiger partial charge in [-0.05, 0) is 19.4 Å². The van der Waals surface area contributed by atoms with Gasteiger partial charge in [0, 0.05) is 17.3 Å². The monoisotopic (exact) mass is 293 g/mol. The van der Waals surface area contributed by atoms with Gasteiger partial charge in [-0.15, -0.1) is 11.3 Å². The van der Waals surface area contributed by atoms with E-state index in [1.165, 1.54) is 18.4 Å². The molecule has 7 heteroatoms. The lowest BCUT2D eigenvalue weighted by Crippen LogP contribution is -2.19. The average Bonchev–Trinajstić information content (AvgIpc) is 2.99. The van der Waals surface area contributed by atoms with Crippen LogP contribution >= 0.6 is 11.3 Å². The smallest absolute Gasteiger partial charge is 0.341 e. The molecule has 0 saturated carbocycles. The molecule has 0 aliphatic carbocycles. The predicted octanol–water partition coefficient (Wildman–Crippen LogP) is 1.99. The first-order chi connectivity index (χ1) is 9.52. The third kappa shape index (κ3) is 2.88. The molecule has 2 rings (SSSR count). The van der Waals surface area contributed by atoms with Gasteiger partial charge in [0.1, 0.15) is 11.5 Å². The van der Waals surface area contributed by atoms with Crippen LogP contribution in [0, 0.1) is 13.8 Å². The summed E-state index contributed by atoms with van der Waals surface area (Å²) in [6.07, 6.45) is 4.87. The lowest BCUT2D eigenvalue weighted by molar-refractivity contribution is -0.116. The van der Waals surface area contributed by atoms with Gasteiger partial charge in [-0.2, -0.15) is 0 Å². The third-order valence-electron chi connectivity index (χ3n) is 2.91. The Labute approximate surface area is 120 Å². The Kier molecular flexibility index (Phi) is 4.19. The average molecular weight is 293 g/mol. The second-order valence-electron chi connectivity index (χ2n) is 4.26. The number of carbonyl (C=O) groups is 2. The number of esters is 1. The molecule has 2 aromatic heterocycles. The molecule has 20 heavy (non-hydrogen) atoms. The van der Waals surface area contributed by atoms with Crippen molar-refractivity contribution in [2.45, 2.75) is 20.4 Å². The standard InChI is InChI=1S/C13H15N3O3S/c1-8-9(2)20-12(11(8)13(18)19-3)15-10(17)6-16-5-4-14-7-16/h4-5,7H,6H2,1-3H3,(H,15,17). The molecule has 0 unspecified atom stereocenters. The van der Waals surface area contributed by atoms with E-state index >= 15 is 0 Å². The second-order valence-corrected chi connectivity index (χ2v) is 5.49. The number of aryl methyl sites for hydroxylation is 1. The first-order valence-electron chi connectivity index (χ1n) is 5.96. The maximum Gasteiger partial charge on any atom is 0.341 e. The topological polar surface area (TPSA) is 73.2 Å². The Hall–Kier alpha value is -2.15. The number of hydrogen-bond acceptors (Lipinski definition) is 5. The molecule has 0 aliphatic rings. The van der Waals surface area contributed by atoms with Gasteiger partial charge in [0.25, 0.3) is 0 Å². The Morgan fingerprint density at radius 3 is 2.80 bits per heavy atom. The SMILES string of the molecule is COC(=O)c1c(NC(=O)Cn2ccnc2)sc(C)c1C. The lowest BCUT2D eigenvalue weighted by Gasteiger charge is -2.06. The molecule has 0 bridgehead atoms. The zero-order valence-corrected chi connectivity index (χ0v) is 12.3. The van der Waals surface area contributed by atoms with Crippen LogP contribution < -0.4 is 5.32 Å². The van der Waals surface area contributed by atoms with Crippen molar-refractivity contribution < 1.29 is 14.3 Å². The minimum Gasteiger partial charge on any atom is -0.465 e. The summed E-state index contributed by atoms with van der Waals surface area (Å²) in [5.41, 5.74) is 1.26. The summed E-state index contributed by atoms with van der Waals surface area (Å²) in [6.45, 7) is 3.89. The van der Waals surface area contributed by atoms with E-state index in [2.05, 4.69) is 10.3 Å². The van der Waals surface area contributed by atoms with Crippen LogP contribution in [0.1, 0.15) is 20.8 Å². The van der Waals surface area contributed by atoms with E-state index in [-0.39, 0.29) is 12.5 Å². The molecule has 1 amide bonds. The minimum atomic E-state index is -0.440. The van der Waals surface area contributed by atoms with Crippen LogP contribution in [-0.2, 0) is 16.1 Å². The van der Waals surface area contributed by atoms with Crippen molar-refractivity contribution in [3.8, 4) is 0 Å². The molecule has 2 heterocycles. The number of methoxy groups -OCH3 is 1. The molecule has 106 valence electrons. The molecular weight excluding hydrogens is 278 g/mol. The van der Waals surface area contributed by atoms with E-state index in [0.29, 0.717) is 10.6 Å². The van der Waals surface area contributed by atoms with E-state index in [9.17, 15) is 9.59 Å². The molecule has 0 aliphatic heterocycles. The van der Waals surface area contributed by atoms with Crippen LogP contribution in [0.15, 0.2) is 18.7 Å². The van der Waals surface area contributed by atoms with E-state index in [4.69, 9.17) is 4.74 Å². The van der Waals surface area contributed by atoms with Crippen LogP contribution in [0.5, 0.6) is 0 Å². The van der Waals surface area contributed by atoms with Crippen molar-refractivity contribution in [1.82, 2.24) is 9.55 Å². The number of nitrogens with one attached hydrogen (secondary N) is 1. The molecule has 0 fully saturated rings. The highest BCUT2D eigenvalue weighted by molar-refractivity contribution is 7.16. The number of anilines is 1. The van der Waals surface area contributed by atoms with Gasteiger partial charge < -0.3 is 14.6 Å². The Bertz CT molecular complexity index is 632. The van der Waals surface area contributed by atoms with Crippen molar-refractivity contribution in [3.05, 3.63) is 34.7 Å². The van der Waals surface area contributed by atoms with Gasteiger partial charge in [-0.25, -0.2) is 9.78 Å². The fourth-order valence-electron chi connectivity index (χ4n) is 1.78. The second kappa shape index (κ2) is 5.87. The largest absolute Gasteiger partial charge is 0.465 e. The number of amides is 1. The van der Waals surface area contributed by atoms with Gasteiger partial charge in [0.15, 0.2) is 0 Å². The summed E-state index contributed by atoms with van der Waals surface area (Å²) >= 11 is 1.37. The predicted molar refractivity (Wildman–Crippen MR) is 76.0 cm³/mol. The Morgan fingerprint density at radius 1 is 1.45 bits per heavy atom. The maximum absolute atomic E-state index is 12.0. The summed E-state index contributed by atoms with van der Waals surface area (Å²) in [4.78, 5) is 28.6. The molecule has 0 saturated heterocycles. The number of nitrogens with zero attached hydrogens (tertiary/aromatic N) is 2. The van der Waals surface area contributed by atoms with Crippen LogP contribution in [0.2, 0.25) is 0 Å². The quantitative estimate of drug-likeness (QED) is 0.875. The normalized spacial score (nSPS) is 10.3. The molecule has 0 spiro atoms. The van der Waals surface area contributed by atoms with Gasteiger partial charge in [-0.1, -0.05) is 0 Å². The van der Waals surface area contributed by atoms with Crippen LogP contribution in [0.4, 0.5) is 5.00 Å². The van der Waals surface area contributed by atoms with Crippen LogP contribution in [-0.4, -0.2) is 28.5 Å². The van der Waals surface area contributed by atoms with Crippen molar-refractivity contribution in [3.63, 3.8) is 0 Å². The lowest BCUT2D eigenvalue weighted by atomic mass is 10.1. The number of aromatic nitrogens is 2. The van der Waals surface area contributed by atoms with Gasteiger partial charge >= 0.3 is 5.97 Å². The first-order valence-corrected chi connectivity index (χ1v) is 6.78. The number of rotatable bonds is 4. The third-order valence-corrected chi connectivity index (χ3v) is 4.04. The van der Waals surface area contributed by atoms with Crippen molar-refractivity contribution in [1.29, 1.82) is 0 Å².